The van der Waals surface area contributed by atoms with Gasteiger partial charge in [0.1, 0.15) is 0 Å². The van der Waals surface area contributed by atoms with Crippen molar-refractivity contribution in [2.24, 2.45) is 0 Å². The molecule has 0 N–H and O–H groups in total. The normalized spacial score (nSPS) is 18.4. The van der Waals surface area contributed by atoms with Gasteiger partial charge in [0.15, 0.2) is 0 Å². The second kappa shape index (κ2) is 4.45. The van der Waals surface area contributed by atoms with Crippen molar-refractivity contribution in [1.82, 2.24) is 0 Å². The first-order valence-electron chi connectivity index (χ1n) is 4.02. The molecule has 1 rings (SSSR count). The quantitative estimate of drug-likeness (QED) is 0.600. The van der Waals surface area contributed by atoms with E-state index in [0.29, 0.717) is 0 Å². The van der Waals surface area contributed by atoms with Crippen molar-refractivity contribution in [2.45, 2.75) is 26.7 Å². The Labute approximate surface area is 73.1 Å². The Bertz CT molecular complexity index is 209. The third-order valence-electron chi connectivity index (χ3n) is 1.54. The van der Waals surface area contributed by atoms with E-state index in [4.69, 9.17) is 0 Å². The van der Waals surface area contributed by atoms with E-state index in [2.05, 4.69) is 37.5 Å². The van der Waals surface area contributed by atoms with Gasteiger partial charge in [-0.15, -0.1) is 0 Å². The predicted molar refractivity (Wildman–Crippen MR) is 53.5 cm³/mol. The average molecular weight is 166 g/mol. The van der Waals surface area contributed by atoms with Crippen molar-refractivity contribution in [2.75, 3.05) is 0 Å². The summed E-state index contributed by atoms with van der Waals surface area (Å²) < 4.78 is 0. The fraction of sp³-hybridized carbons (Fsp3) is 0.400. The maximum atomic E-state index is 2.28. The Balaban J connectivity index is 2.45. The molecular weight excluding hydrogens is 152 g/mol. The summed E-state index contributed by atoms with van der Waals surface area (Å²) in [4.78, 5) is 1.39. The lowest BCUT2D eigenvalue weighted by Crippen LogP contribution is -1.80. The van der Waals surface area contributed by atoms with Crippen LogP contribution in [0.15, 0.2) is 34.1 Å². The molecular formula is C10H14S. The van der Waals surface area contributed by atoms with Crippen molar-refractivity contribution >= 4 is 11.8 Å². The van der Waals surface area contributed by atoms with Gasteiger partial charge in [0.05, 0.1) is 0 Å². The van der Waals surface area contributed by atoms with Gasteiger partial charge in [-0.05, 0) is 25.2 Å². The van der Waals surface area contributed by atoms with Gasteiger partial charge in [-0.1, -0.05) is 42.5 Å². The van der Waals surface area contributed by atoms with E-state index in [0.717, 1.165) is 12.8 Å². The lowest BCUT2D eigenvalue weighted by molar-refractivity contribution is 1.20. The summed E-state index contributed by atoms with van der Waals surface area (Å²) in [6.07, 6.45) is 8.93. The smallest absolute Gasteiger partial charge is 0.00759 e. The zero-order chi connectivity index (χ0) is 8.10. The van der Waals surface area contributed by atoms with Gasteiger partial charge < -0.3 is 0 Å². The van der Waals surface area contributed by atoms with Gasteiger partial charge in [-0.3, -0.25) is 0 Å². The summed E-state index contributed by atoms with van der Waals surface area (Å²) in [6.45, 7) is 4.33. The van der Waals surface area contributed by atoms with E-state index < -0.39 is 0 Å². The molecule has 0 atom stereocenters. The summed E-state index contributed by atoms with van der Waals surface area (Å²) in [5, 5.41) is 2.23. The molecule has 1 aliphatic heterocycles. The Morgan fingerprint density at radius 3 is 3.00 bits per heavy atom. The first-order chi connectivity index (χ1) is 5.33. The second-order valence-electron chi connectivity index (χ2n) is 2.70. The minimum absolute atomic E-state index is 1.12. The van der Waals surface area contributed by atoms with Crippen LogP contribution in [-0.2, 0) is 0 Å². The van der Waals surface area contributed by atoms with Gasteiger partial charge >= 0.3 is 0 Å². The highest BCUT2D eigenvalue weighted by Crippen LogP contribution is 2.27. The van der Waals surface area contributed by atoms with E-state index in [1.54, 1.807) is 0 Å². The van der Waals surface area contributed by atoms with E-state index in [1.165, 1.54) is 10.5 Å². The molecule has 0 unspecified atom stereocenters. The zero-order valence-corrected chi connectivity index (χ0v) is 7.95. The lowest BCUT2D eigenvalue weighted by atomic mass is 10.2. The Hall–Kier alpha value is -0.430. The molecule has 0 aromatic rings. The molecule has 1 heterocycles. The Morgan fingerprint density at radius 1 is 1.64 bits per heavy atom. The molecule has 0 bridgehead atoms. The Kier molecular flexibility index (Phi) is 3.50. The molecule has 60 valence electrons. The molecule has 0 radical (unpaired) electrons. The van der Waals surface area contributed by atoms with Crippen molar-refractivity contribution in [3.05, 3.63) is 34.1 Å². The van der Waals surface area contributed by atoms with Crippen LogP contribution in [0.3, 0.4) is 0 Å². The van der Waals surface area contributed by atoms with Crippen LogP contribution in [0.4, 0.5) is 0 Å². The highest BCUT2D eigenvalue weighted by molar-refractivity contribution is 8.06. The summed E-state index contributed by atoms with van der Waals surface area (Å²) in [6, 6.07) is 0. The molecule has 0 nitrogen and oxygen atoms in total. The highest BCUT2D eigenvalue weighted by atomic mass is 32.2. The number of thioether (sulfide) groups is 1. The van der Waals surface area contributed by atoms with Crippen molar-refractivity contribution < 1.29 is 0 Å². The van der Waals surface area contributed by atoms with E-state index >= 15 is 0 Å². The van der Waals surface area contributed by atoms with Crippen LogP contribution in [0.1, 0.15) is 26.7 Å². The third kappa shape index (κ3) is 2.98. The van der Waals surface area contributed by atoms with E-state index in [9.17, 15) is 0 Å². The molecule has 11 heavy (non-hydrogen) atoms. The molecule has 1 aliphatic rings. The molecule has 0 aromatic heterocycles. The van der Waals surface area contributed by atoms with Crippen molar-refractivity contribution in [1.29, 1.82) is 0 Å². The number of hydrogen-bond donors (Lipinski definition) is 0. The van der Waals surface area contributed by atoms with Crippen molar-refractivity contribution in [3.63, 3.8) is 0 Å². The molecule has 0 saturated heterocycles. The number of rotatable bonds is 2. The predicted octanol–water partition coefficient (Wildman–Crippen LogP) is 3.88. The van der Waals surface area contributed by atoms with Crippen LogP contribution in [0, 0.1) is 0 Å². The van der Waals surface area contributed by atoms with Crippen LogP contribution in [0.25, 0.3) is 0 Å². The standard InChI is InChI=1S/C10H14S/c1-3-4-5-10-7-6-9(2)8-11-10/h4-5,7-8H,3,6H2,1-2H3/b5-4+. The first kappa shape index (κ1) is 8.66. The number of allylic oxidation sites excluding steroid dienone is 4. The maximum absolute atomic E-state index is 2.28. The van der Waals surface area contributed by atoms with Gasteiger partial charge in [-0.25, -0.2) is 0 Å². The molecule has 0 aromatic carbocycles. The molecule has 1 heteroatoms. The fourth-order valence-corrected chi connectivity index (χ4v) is 1.66. The zero-order valence-electron chi connectivity index (χ0n) is 7.13. The van der Waals surface area contributed by atoms with Crippen LogP contribution < -0.4 is 0 Å². The summed E-state index contributed by atoms with van der Waals surface area (Å²) in [7, 11) is 0. The minimum Gasteiger partial charge on any atom is -0.0985 e. The summed E-state index contributed by atoms with van der Waals surface area (Å²) in [5.74, 6) is 0. The summed E-state index contributed by atoms with van der Waals surface area (Å²) >= 11 is 1.82. The topological polar surface area (TPSA) is 0 Å². The maximum Gasteiger partial charge on any atom is 0.00759 e. The van der Waals surface area contributed by atoms with Gasteiger partial charge in [0, 0.05) is 4.91 Å². The summed E-state index contributed by atoms with van der Waals surface area (Å²) in [5.41, 5.74) is 1.46. The third-order valence-corrected chi connectivity index (χ3v) is 2.63. The highest BCUT2D eigenvalue weighted by Gasteiger charge is 1.98. The van der Waals surface area contributed by atoms with Crippen LogP contribution in [0.5, 0.6) is 0 Å². The monoisotopic (exact) mass is 166 g/mol. The first-order valence-corrected chi connectivity index (χ1v) is 4.90. The van der Waals surface area contributed by atoms with Crippen LogP contribution >= 0.6 is 11.8 Å². The van der Waals surface area contributed by atoms with Crippen LogP contribution in [-0.4, -0.2) is 0 Å². The lowest BCUT2D eigenvalue weighted by Gasteiger charge is -2.05. The minimum atomic E-state index is 1.12. The van der Waals surface area contributed by atoms with Crippen LogP contribution in [0.2, 0.25) is 0 Å². The molecule has 0 amide bonds. The number of hydrogen-bond acceptors (Lipinski definition) is 1. The molecule has 0 saturated carbocycles. The SMILES string of the molecule is CC/C=C/C1=CCC(C)=CS1. The van der Waals surface area contributed by atoms with Gasteiger partial charge in [-0.2, -0.15) is 0 Å². The van der Waals surface area contributed by atoms with E-state index in [-0.39, 0.29) is 0 Å². The molecule has 0 spiro atoms. The van der Waals surface area contributed by atoms with Gasteiger partial charge in [0.2, 0.25) is 0 Å². The average Bonchev–Trinajstić information content (AvgIpc) is 2.04. The van der Waals surface area contributed by atoms with Crippen molar-refractivity contribution in [3.8, 4) is 0 Å². The fourth-order valence-electron chi connectivity index (χ4n) is 0.868. The largest absolute Gasteiger partial charge is 0.0985 e. The molecule has 0 fully saturated rings. The van der Waals surface area contributed by atoms with E-state index in [1.807, 2.05) is 11.8 Å². The van der Waals surface area contributed by atoms with Gasteiger partial charge in [0.25, 0.3) is 0 Å². The Morgan fingerprint density at radius 2 is 2.45 bits per heavy atom. The molecule has 0 aliphatic carbocycles. The second-order valence-corrected chi connectivity index (χ2v) is 3.65.